The zero-order chi connectivity index (χ0) is 22.1. The van der Waals surface area contributed by atoms with E-state index in [0.717, 1.165) is 28.0 Å². The first-order valence-corrected chi connectivity index (χ1v) is 10.1. The van der Waals surface area contributed by atoms with Crippen molar-refractivity contribution >= 4 is 17.9 Å². The summed E-state index contributed by atoms with van der Waals surface area (Å²) in [5.41, 5.74) is 3.67. The van der Waals surface area contributed by atoms with Crippen molar-refractivity contribution in [3.05, 3.63) is 83.8 Å². The maximum Gasteiger partial charge on any atom is 0.165 e. The molecule has 30 heavy (non-hydrogen) atoms. The molecule has 0 aliphatic carbocycles. The first kappa shape index (κ1) is 23.1. The fourth-order valence-electron chi connectivity index (χ4n) is 2.64. The highest BCUT2D eigenvalue weighted by Gasteiger charge is 2.05. The minimum Gasteiger partial charge on any atom is -0.491 e. The van der Waals surface area contributed by atoms with Crippen molar-refractivity contribution in [1.29, 1.82) is 0 Å². The highest BCUT2D eigenvalue weighted by molar-refractivity contribution is 5.84. The van der Waals surface area contributed by atoms with Crippen LogP contribution in [0.5, 0.6) is 11.5 Å². The van der Waals surface area contributed by atoms with Crippen LogP contribution in [0.2, 0.25) is 0 Å². The van der Waals surface area contributed by atoms with E-state index in [9.17, 15) is 4.39 Å². The molecule has 0 aliphatic heterocycles. The monoisotopic (exact) mass is 407 g/mol. The number of nitrogens with zero attached hydrogens (tertiary/aromatic N) is 1. The summed E-state index contributed by atoms with van der Waals surface area (Å²) in [5.74, 6) is 0.716. The van der Waals surface area contributed by atoms with Gasteiger partial charge in [0.05, 0.1) is 12.2 Å². The molecular weight excluding hydrogens is 377 g/mol. The molecule has 0 saturated heterocycles. The van der Waals surface area contributed by atoms with Gasteiger partial charge in [0.25, 0.3) is 0 Å². The van der Waals surface area contributed by atoms with Crippen LogP contribution in [0.3, 0.4) is 0 Å². The Morgan fingerprint density at radius 1 is 1.00 bits per heavy atom. The maximum atomic E-state index is 14.0. The fraction of sp³-hybridized carbons (Fsp3) is 0.269. The van der Waals surface area contributed by atoms with Crippen molar-refractivity contribution in [2.45, 2.75) is 46.8 Å². The zero-order valence-electron chi connectivity index (χ0n) is 18.4. The van der Waals surface area contributed by atoms with E-state index >= 15 is 0 Å². The van der Waals surface area contributed by atoms with E-state index in [4.69, 9.17) is 9.47 Å². The minimum atomic E-state index is -0.383. The molecule has 158 valence electrons. The Labute approximate surface area is 179 Å². The number of halogens is 1. The maximum absolute atomic E-state index is 14.0. The van der Waals surface area contributed by atoms with Crippen LogP contribution in [-0.2, 0) is 0 Å². The topological polar surface area (TPSA) is 30.8 Å². The largest absolute Gasteiger partial charge is 0.491 e. The van der Waals surface area contributed by atoms with E-state index < -0.39 is 0 Å². The molecule has 0 aliphatic rings. The third-order valence-electron chi connectivity index (χ3n) is 4.13. The summed E-state index contributed by atoms with van der Waals surface area (Å²) in [6.45, 7) is 13.9. The lowest BCUT2D eigenvalue weighted by atomic mass is 10.0. The number of allylic oxidation sites excluding steroid dienone is 3. The van der Waals surface area contributed by atoms with Gasteiger partial charge in [-0.2, -0.15) is 0 Å². The molecule has 0 fully saturated rings. The van der Waals surface area contributed by atoms with Crippen molar-refractivity contribution in [1.82, 2.24) is 0 Å². The Hall–Kier alpha value is -3.14. The molecule has 2 aromatic carbocycles. The predicted octanol–water partition coefficient (Wildman–Crippen LogP) is 7.10. The SMILES string of the molecule is C=C(\C(C)=C/C=N/C=C/c1ccc(OC(C)C)c(F)c1)c1ccc(OC(C)C)cc1. The van der Waals surface area contributed by atoms with Crippen LogP contribution >= 0.6 is 0 Å². The lowest BCUT2D eigenvalue weighted by Gasteiger charge is -2.11. The molecule has 0 unspecified atom stereocenters. The number of ether oxygens (including phenoxy) is 2. The third-order valence-corrected chi connectivity index (χ3v) is 4.13. The summed E-state index contributed by atoms with van der Waals surface area (Å²) < 4.78 is 25.1. The van der Waals surface area contributed by atoms with Gasteiger partial charge in [-0.05, 0) is 93.3 Å². The molecule has 4 heteroatoms. The Morgan fingerprint density at radius 2 is 1.67 bits per heavy atom. The Bertz CT molecular complexity index is 938. The number of hydrogen-bond donors (Lipinski definition) is 0. The van der Waals surface area contributed by atoms with Gasteiger partial charge in [0, 0.05) is 12.4 Å². The van der Waals surface area contributed by atoms with E-state index in [1.807, 2.05) is 65.0 Å². The van der Waals surface area contributed by atoms with Crippen molar-refractivity contribution in [3.8, 4) is 11.5 Å². The van der Waals surface area contributed by atoms with Crippen LogP contribution < -0.4 is 9.47 Å². The van der Waals surface area contributed by atoms with Crippen molar-refractivity contribution in [2.75, 3.05) is 0 Å². The van der Waals surface area contributed by atoms with E-state index in [1.54, 1.807) is 30.6 Å². The van der Waals surface area contributed by atoms with Gasteiger partial charge in [-0.25, -0.2) is 4.39 Å². The standard InChI is InChI=1S/C26H30FNO2/c1-18(2)29-24-10-8-23(9-11-24)21(6)20(5)13-15-28-16-14-22-7-12-26(25(27)17-22)30-19(3)4/h7-19H,6H2,1-5H3/b16-14+,20-13-,28-15+. The number of benzene rings is 2. The number of rotatable bonds is 9. The van der Waals surface area contributed by atoms with E-state index in [2.05, 4.69) is 11.6 Å². The molecule has 0 atom stereocenters. The summed E-state index contributed by atoms with van der Waals surface area (Å²) in [7, 11) is 0. The molecule has 0 aromatic heterocycles. The average molecular weight is 408 g/mol. The fourth-order valence-corrected chi connectivity index (χ4v) is 2.64. The van der Waals surface area contributed by atoms with Crippen molar-refractivity contribution in [3.63, 3.8) is 0 Å². The van der Waals surface area contributed by atoms with E-state index in [1.165, 1.54) is 6.07 Å². The third kappa shape index (κ3) is 7.36. The number of hydrogen-bond acceptors (Lipinski definition) is 3. The molecular formula is C26H30FNO2. The van der Waals surface area contributed by atoms with Gasteiger partial charge in [0.2, 0.25) is 0 Å². The smallest absolute Gasteiger partial charge is 0.165 e. The summed E-state index contributed by atoms with van der Waals surface area (Å²) in [6, 6.07) is 12.7. The van der Waals surface area contributed by atoms with Gasteiger partial charge < -0.3 is 9.47 Å². The zero-order valence-corrected chi connectivity index (χ0v) is 18.4. The summed E-state index contributed by atoms with van der Waals surface area (Å²) in [5, 5.41) is 0. The molecule has 2 rings (SSSR count). The second kappa shape index (κ2) is 11.1. The van der Waals surface area contributed by atoms with E-state index in [0.29, 0.717) is 0 Å². The second-order valence-electron chi connectivity index (χ2n) is 7.49. The molecule has 0 spiro atoms. The van der Waals surface area contributed by atoms with Crippen LogP contribution in [0.25, 0.3) is 11.6 Å². The van der Waals surface area contributed by atoms with Crippen molar-refractivity contribution in [2.24, 2.45) is 4.99 Å². The van der Waals surface area contributed by atoms with E-state index in [-0.39, 0.29) is 23.8 Å². The molecule has 0 radical (unpaired) electrons. The average Bonchev–Trinajstić information content (AvgIpc) is 2.69. The molecule has 2 aromatic rings. The summed E-state index contributed by atoms with van der Waals surface area (Å²) in [4.78, 5) is 4.23. The predicted molar refractivity (Wildman–Crippen MR) is 125 cm³/mol. The van der Waals surface area contributed by atoms with Gasteiger partial charge in [0.15, 0.2) is 11.6 Å². The highest BCUT2D eigenvalue weighted by Crippen LogP contribution is 2.23. The summed E-state index contributed by atoms with van der Waals surface area (Å²) in [6.07, 6.45) is 7.03. The second-order valence-corrected chi connectivity index (χ2v) is 7.49. The first-order valence-electron chi connectivity index (χ1n) is 10.1. The lowest BCUT2D eigenvalue weighted by molar-refractivity contribution is 0.231. The number of aliphatic imine (C=N–C) groups is 1. The summed E-state index contributed by atoms with van der Waals surface area (Å²) >= 11 is 0. The van der Waals surface area contributed by atoms with Gasteiger partial charge >= 0.3 is 0 Å². The van der Waals surface area contributed by atoms with Gasteiger partial charge in [-0.1, -0.05) is 24.8 Å². The van der Waals surface area contributed by atoms with Gasteiger partial charge in [-0.15, -0.1) is 0 Å². The van der Waals surface area contributed by atoms with Crippen LogP contribution in [-0.4, -0.2) is 18.4 Å². The molecule has 0 amide bonds. The molecule has 3 nitrogen and oxygen atoms in total. The normalized spacial score (nSPS) is 12.3. The van der Waals surface area contributed by atoms with Crippen LogP contribution in [0.4, 0.5) is 4.39 Å². The van der Waals surface area contributed by atoms with Crippen molar-refractivity contribution < 1.29 is 13.9 Å². The van der Waals surface area contributed by atoms with Gasteiger partial charge in [-0.3, -0.25) is 4.99 Å². The van der Waals surface area contributed by atoms with Gasteiger partial charge in [0.1, 0.15) is 5.75 Å². The Kier molecular flexibility index (Phi) is 8.60. The highest BCUT2D eigenvalue weighted by atomic mass is 19.1. The minimum absolute atomic E-state index is 0.0680. The molecule has 0 saturated carbocycles. The van der Waals surface area contributed by atoms with Crippen LogP contribution in [0.15, 0.2) is 71.9 Å². The molecule has 0 heterocycles. The Morgan fingerprint density at radius 3 is 2.27 bits per heavy atom. The first-order chi connectivity index (χ1) is 14.3. The quantitative estimate of drug-likeness (QED) is 0.328. The molecule has 0 bridgehead atoms. The Balaban J connectivity index is 1.96. The van der Waals surface area contributed by atoms with Crippen LogP contribution in [0, 0.1) is 5.82 Å². The lowest BCUT2D eigenvalue weighted by Crippen LogP contribution is -2.06. The van der Waals surface area contributed by atoms with Crippen LogP contribution in [0.1, 0.15) is 45.7 Å². The molecule has 0 N–H and O–H groups in total.